The van der Waals surface area contributed by atoms with Crippen molar-refractivity contribution in [1.82, 2.24) is 9.78 Å². The van der Waals surface area contributed by atoms with Gasteiger partial charge in [-0.2, -0.15) is 5.10 Å². The van der Waals surface area contributed by atoms with Crippen LogP contribution in [0.15, 0.2) is 41.2 Å². The molecule has 1 aromatic heterocycles. The molecule has 0 saturated carbocycles. The first-order chi connectivity index (χ1) is 9.04. The summed E-state index contributed by atoms with van der Waals surface area (Å²) in [6.07, 6.45) is 0. The number of rotatable bonds is 3. The number of benzene rings is 1. The zero-order valence-electron chi connectivity index (χ0n) is 10.5. The zero-order chi connectivity index (χ0) is 13.8. The third-order valence-corrected chi connectivity index (χ3v) is 2.49. The second kappa shape index (κ2) is 5.34. The standard InChI is InChI=1S/C13H14N4O2/c1-9-2-7-13(19)17(16-9)8-12(18)15-11-5-3-10(14)4-6-11/h2-7H,8,14H2,1H3,(H,15,18). The van der Waals surface area contributed by atoms with Gasteiger partial charge in [-0.3, -0.25) is 9.59 Å². The van der Waals surface area contributed by atoms with Gasteiger partial charge in [0.1, 0.15) is 6.54 Å². The molecule has 0 radical (unpaired) electrons. The molecule has 0 atom stereocenters. The molecular weight excluding hydrogens is 244 g/mol. The maximum Gasteiger partial charge on any atom is 0.267 e. The summed E-state index contributed by atoms with van der Waals surface area (Å²) in [5, 5.41) is 6.66. The number of carbonyl (C=O) groups excluding carboxylic acids is 1. The topological polar surface area (TPSA) is 90.0 Å². The summed E-state index contributed by atoms with van der Waals surface area (Å²) in [5.41, 5.74) is 7.17. The van der Waals surface area contributed by atoms with Crippen LogP contribution in [0, 0.1) is 6.92 Å². The lowest BCUT2D eigenvalue weighted by Gasteiger charge is -2.07. The summed E-state index contributed by atoms with van der Waals surface area (Å²) in [4.78, 5) is 23.3. The van der Waals surface area contributed by atoms with Crippen molar-refractivity contribution in [3.05, 3.63) is 52.4 Å². The van der Waals surface area contributed by atoms with Crippen LogP contribution in [0.1, 0.15) is 5.69 Å². The van der Waals surface area contributed by atoms with Crippen LogP contribution in [0.4, 0.5) is 11.4 Å². The Balaban J connectivity index is 2.07. The predicted octanol–water partition coefficient (Wildman–Crippen LogP) is 0.773. The van der Waals surface area contributed by atoms with Crippen molar-refractivity contribution in [2.75, 3.05) is 11.1 Å². The van der Waals surface area contributed by atoms with Gasteiger partial charge in [-0.1, -0.05) is 0 Å². The van der Waals surface area contributed by atoms with Crippen molar-refractivity contribution >= 4 is 17.3 Å². The Morgan fingerprint density at radius 1 is 1.26 bits per heavy atom. The number of nitrogens with two attached hydrogens (primary N) is 1. The molecule has 0 fully saturated rings. The second-order valence-corrected chi connectivity index (χ2v) is 4.14. The van der Waals surface area contributed by atoms with Gasteiger partial charge in [0.2, 0.25) is 5.91 Å². The van der Waals surface area contributed by atoms with E-state index in [1.54, 1.807) is 37.3 Å². The van der Waals surface area contributed by atoms with E-state index in [0.717, 1.165) is 4.68 Å². The van der Waals surface area contributed by atoms with E-state index < -0.39 is 0 Å². The van der Waals surface area contributed by atoms with Gasteiger partial charge in [0, 0.05) is 17.4 Å². The summed E-state index contributed by atoms with van der Waals surface area (Å²) >= 11 is 0. The number of aromatic nitrogens is 2. The van der Waals surface area contributed by atoms with Crippen LogP contribution in [-0.4, -0.2) is 15.7 Å². The van der Waals surface area contributed by atoms with Gasteiger partial charge in [-0.05, 0) is 37.3 Å². The molecule has 0 unspecified atom stereocenters. The molecule has 6 heteroatoms. The molecule has 0 bridgehead atoms. The normalized spacial score (nSPS) is 10.2. The molecule has 2 aromatic rings. The number of hydrogen-bond acceptors (Lipinski definition) is 4. The van der Waals surface area contributed by atoms with Crippen LogP contribution in [0.2, 0.25) is 0 Å². The zero-order valence-corrected chi connectivity index (χ0v) is 10.5. The first-order valence-electron chi connectivity index (χ1n) is 5.75. The molecule has 1 aromatic carbocycles. The molecule has 3 N–H and O–H groups in total. The summed E-state index contributed by atoms with van der Waals surface area (Å²) in [6.45, 7) is 1.64. The largest absolute Gasteiger partial charge is 0.399 e. The van der Waals surface area contributed by atoms with Gasteiger partial charge < -0.3 is 11.1 Å². The van der Waals surface area contributed by atoms with E-state index in [2.05, 4.69) is 10.4 Å². The van der Waals surface area contributed by atoms with E-state index >= 15 is 0 Å². The Kier molecular flexibility index (Phi) is 3.61. The van der Waals surface area contributed by atoms with E-state index in [9.17, 15) is 9.59 Å². The van der Waals surface area contributed by atoms with Crippen molar-refractivity contribution in [2.24, 2.45) is 0 Å². The lowest BCUT2D eigenvalue weighted by atomic mass is 10.3. The summed E-state index contributed by atoms with van der Waals surface area (Å²) in [6, 6.07) is 9.76. The van der Waals surface area contributed by atoms with Crippen LogP contribution >= 0.6 is 0 Å². The van der Waals surface area contributed by atoms with E-state index in [1.807, 2.05) is 0 Å². The molecule has 2 rings (SSSR count). The Morgan fingerprint density at radius 2 is 1.95 bits per heavy atom. The van der Waals surface area contributed by atoms with Crippen LogP contribution in [0.5, 0.6) is 0 Å². The van der Waals surface area contributed by atoms with E-state index in [-0.39, 0.29) is 18.0 Å². The third kappa shape index (κ3) is 3.41. The van der Waals surface area contributed by atoms with Gasteiger partial charge in [0.25, 0.3) is 5.56 Å². The number of hydrogen-bond donors (Lipinski definition) is 2. The molecule has 6 nitrogen and oxygen atoms in total. The number of nitrogens with one attached hydrogen (secondary N) is 1. The number of aryl methyl sites for hydroxylation is 1. The van der Waals surface area contributed by atoms with Crippen molar-refractivity contribution in [2.45, 2.75) is 13.5 Å². The molecule has 0 spiro atoms. The summed E-state index contributed by atoms with van der Waals surface area (Å²) in [7, 11) is 0. The SMILES string of the molecule is Cc1ccc(=O)n(CC(=O)Nc2ccc(N)cc2)n1. The lowest BCUT2D eigenvalue weighted by Crippen LogP contribution is -2.29. The predicted molar refractivity (Wildman–Crippen MR) is 72.7 cm³/mol. The van der Waals surface area contributed by atoms with Gasteiger partial charge in [-0.15, -0.1) is 0 Å². The number of carbonyl (C=O) groups is 1. The van der Waals surface area contributed by atoms with Crippen molar-refractivity contribution in [1.29, 1.82) is 0 Å². The van der Waals surface area contributed by atoms with E-state index in [0.29, 0.717) is 17.1 Å². The fourth-order valence-electron chi connectivity index (χ4n) is 1.57. The molecule has 1 heterocycles. The Labute approximate surface area is 109 Å². The molecule has 0 aliphatic rings. The fourth-order valence-corrected chi connectivity index (χ4v) is 1.57. The van der Waals surface area contributed by atoms with E-state index in [1.165, 1.54) is 6.07 Å². The lowest BCUT2D eigenvalue weighted by molar-refractivity contribution is -0.117. The molecule has 1 amide bonds. The highest BCUT2D eigenvalue weighted by Gasteiger charge is 2.06. The summed E-state index contributed by atoms with van der Waals surface area (Å²) in [5.74, 6) is -0.315. The van der Waals surface area contributed by atoms with Crippen molar-refractivity contribution in [3.63, 3.8) is 0 Å². The van der Waals surface area contributed by atoms with Crippen LogP contribution in [0.3, 0.4) is 0 Å². The molecule has 0 aliphatic carbocycles. The maximum absolute atomic E-state index is 11.8. The molecule has 0 aliphatic heterocycles. The number of nitrogens with zero attached hydrogens (tertiary/aromatic N) is 2. The monoisotopic (exact) mass is 258 g/mol. The third-order valence-electron chi connectivity index (χ3n) is 2.49. The molecule has 98 valence electrons. The highest BCUT2D eigenvalue weighted by Crippen LogP contribution is 2.10. The Hall–Kier alpha value is -2.63. The smallest absolute Gasteiger partial charge is 0.267 e. The highest BCUT2D eigenvalue weighted by atomic mass is 16.2. The fraction of sp³-hybridized carbons (Fsp3) is 0.154. The van der Waals surface area contributed by atoms with Gasteiger partial charge >= 0.3 is 0 Å². The average Bonchev–Trinajstić information content (AvgIpc) is 2.37. The Bertz CT molecular complexity index is 646. The van der Waals surface area contributed by atoms with Crippen LogP contribution < -0.4 is 16.6 Å². The van der Waals surface area contributed by atoms with E-state index in [4.69, 9.17) is 5.73 Å². The first-order valence-corrected chi connectivity index (χ1v) is 5.75. The average molecular weight is 258 g/mol. The number of nitrogen functional groups attached to an aromatic ring is 1. The number of amides is 1. The van der Waals surface area contributed by atoms with Crippen LogP contribution in [-0.2, 0) is 11.3 Å². The molecule has 19 heavy (non-hydrogen) atoms. The van der Waals surface area contributed by atoms with Gasteiger partial charge in [0.05, 0.1) is 5.69 Å². The second-order valence-electron chi connectivity index (χ2n) is 4.14. The maximum atomic E-state index is 11.8. The number of anilines is 2. The quantitative estimate of drug-likeness (QED) is 0.796. The molecule has 0 saturated heterocycles. The Morgan fingerprint density at radius 3 is 2.63 bits per heavy atom. The minimum atomic E-state index is -0.315. The molecular formula is C13H14N4O2. The van der Waals surface area contributed by atoms with Crippen molar-refractivity contribution in [3.8, 4) is 0 Å². The minimum Gasteiger partial charge on any atom is -0.399 e. The van der Waals surface area contributed by atoms with Crippen molar-refractivity contribution < 1.29 is 4.79 Å². The van der Waals surface area contributed by atoms with Gasteiger partial charge in [-0.25, -0.2) is 4.68 Å². The first kappa shape index (κ1) is 12.8. The van der Waals surface area contributed by atoms with Gasteiger partial charge in [0.15, 0.2) is 0 Å². The van der Waals surface area contributed by atoms with Crippen LogP contribution in [0.25, 0.3) is 0 Å². The highest BCUT2D eigenvalue weighted by molar-refractivity contribution is 5.90. The summed E-state index contributed by atoms with van der Waals surface area (Å²) < 4.78 is 1.13. The minimum absolute atomic E-state index is 0.120.